The van der Waals surface area contributed by atoms with Gasteiger partial charge in [0.15, 0.2) is 0 Å². The third-order valence-corrected chi connectivity index (χ3v) is 2.84. The normalized spacial score (nSPS) is 17.5. The van der Waals surface area contributed by atoms with Crippen molar-refractivity contribution in [2.24, 2.45) is 0 Å². The first-order valence-electron chi connectivity index (χ1n) is 6.24. The second-order valence-corrected chi connectivity index (χ2v) is 4.49. The van der Waals surface area contributed by atoms with Crippen LogP contribution in [0.4, 0.5) is 0 Å². The van der Waals surface area contributed by atoms with Crippen LogP contribution >= 0.6 is 0 Å². The molecule has 8 heteroatoms. The zero-order valence-electron chi connectivity index (χ0n) is 10.9. The number of aliphatic hydroxyl groups is 6. The van der Waals surface area contributed by atoms with E-state index in [4.69, 9.17) is 10.2 Å². The van der Waals surface area contributed by atoms with Gasteiger partial charge in [-0.3, -0.25) is 9.97 Å². The van der Waals surface area contributed by atoms with Crippen LogP contribution in [-0.4, -0.2) is 72.1 Å². The molecule has 8 nitrogen and oxygen atoms in total. The summed E-state index contributed by atoms with van der Waals surface area (Å²) >= 11 is 0. The van der Waals surface area contributed by atoms with E-state index in [0.29, 0.717) is 5.69 Å². The lowest BCUT2D eigenvalue weighted by Gasteiger charge is -2.20. The van der Waals surface area contributed by atoms with Gasteiger partial charge in [0.1, 0.15) is 18.3 Å². The smallest absolute Gasteiger partial charge is 0.126 e. The minimum atomic E-state index is -1.57. The van der Waals surface area contributed by atoms with Gasteiger partial charge in [0.05, 0.1) is 30.3 Å². The van der Waals surface area contributed by atoms with Crippen LogP contribution in [0.2, 0.25) is 0 Å². The first kappa shape index (κ1) is 16.9. The first-order valence-corrected chi connectivity index (χ1v) is 6.24. The fourth-order valence-electron chi connectivity index (χ4n) is 1.61. The summed E-state index contributed by atoms with van der Waals surface area (Å²) in [5.41, 5.74) is 0.518. The van der Waals surface area contributed by atoms with Crippen molar-refractivity contribution in [1.82, 2.24) is 9.97 Å². The molecule has 0 saturated carbocycles. The third kappa shape index (κ3) is 4.75. The SMILES string of the molecule is OCC[C@@H](O)Cc1cnc([C@@H](O)[C@H](O)[C@H](O)CO)cn1. The standard InChI is InChI=1S/C12H20N2O6/c15-2-1-8(17)3-7-4-14-9(5-13-7)11(19)12(20)10(18)6-16/h4-5,8,10-12,15-20H,1-3,6H2/t8-,10-,11-,12-/m1/s1. The van der Waals surface area contributed by atoms with Crippen molar-refractivity contribution in [3.8, 4) is 0 Å². The fraction of sp³-hybridized carbons (Fsp3) is 0.667. The molecule has 0 spiro atoms. The Morgan fingerprint density at radius 3 is 2.20 bits per heavy atom. The van der Waals surface area contributed by atoms with Crippen molar-refractivity contribution in [3.05, 3.63) is 23.8 Å². The van der Waals surface area contributed by atoms with Crippen LogP contribution in [0.25, 0.3) is 0 Å². The Labute approximate surface area is 116 Å². The zero-order chi connectivity index (χ0) is 15.1. The molecule has 0 radical (unpaired) electrons. The van der Waals surface area contributed by atoms with Crippen molar-refractivity contribution in [2.75, 3.05) is 13.2 Å². The fourth-order valence-corrected chi connectivity index (χ4v) is 1.61. The molecule has 114 valence electrons. The van der Waals surface area contributed by atoms with Crippen molar-refractivity contribution in [2.45, 2.75) is 37.3 Å². The van der Waals surface area contributed by atoms with E-state index in [0.717, 1.165) is 0 Å². The van der Waals surface area contributed by atoms with E-state index in [9.17, 15) is 20.4 Å². The molecular formula is C12H20N2O6. The molecule has 1 aromatic rings. The van der Waals surface area contributed by atoms with Crippen molar-refractivity contribution >= 4 is 0 Å². The minimum Gasteiger partial charge on any atom is -0.396 e. The Morgan fingerprint density at radius 2 is 1.70 bits per heavy atom. The molecule has 1 heterocycles. The first-order chi connectivity index (χ1) is 9.49. The molecule has 0 aliphatic rings. The number of nitrogens with zero attached hydrogens (tertiary/aromatic N) is 2. The van der Waals surface area contributed by atoms with Gasteiger partial charge in [-0.2, -0.15) is 0 Å². The molecule has 0 unspecified atom stereocenters. The second-order valence-electron chi connectivity index (χ2n) is 4.49. The van der Waals surface area contributed by atoms with Crippen LogP contribution in [0.5, 0.6) is 0 Å². The molecule has 6 N–H and O–H groups in total. The molecule has 0 saturated heterocycles. The lowest BCUT2D eigenvalue weighted by molar-refractivity contribution is -0.0790. The van der Waals surface area contributed by atoms with E-state index in [1.54, 1.807) is 0 Å². The lowest BCUT2D eigenvalue weighted by Crippen LogP contribution is -2.35. The van der Waals surface area contributed by atoms with Gasteiger partial charge in [-0.05, 0) is 6.42 Å². The Bertz CT molecular complexity index is 388. The third-order valence-electron chi connectivity index (χ3n) is 2.84. The van der Waals surface area contributed by atoms with Gasteiger partial charge in [-0.1, -0.05) is 0 Å². The van der Waals surface area contributed by atoms with Crippen LogP contribution < -0.4 is 0 Å². The highest BCUT2D eigenvalue weighted by Crippen LogP contribution is 2.16. The summed E-state index contributed by atoms with van der Waals surface area (Å²) < 4.78 is 0. The average molecular weight is 288 g/mol. The molecule has 0 bridgehead atoms. The van der Waals surface area contributed by atoms with Crippen LogP contribution in [0.1, 0.15) is 23.9 Å². The summed E-state index contributed by atoms with van der Waals surface area (Å²) in [6.45, 7) is -0.812. The maximum absolute atomic E-state index is 9.74. The highest BCUT2D eigenvalue weighted by molar-refractivity contribution is 5.07. The summed E-state index contributed by atoms with van der Waals surface area (Å²) in [4.78, 5) is 7.86. The number of aromatic nitrogens is 2. The summed E-state index contributed by atoms with van der Waals surface area (Å²) in [5.74, 6) is 0. The molecule has 0 aliphatic carbocycles. The quantitative estimate of drug-likeness (QED) is 0.308. The van der Waals surface area contributed by atoms with Gasteiger partial charge < -0.3 is 30.6 Å². The molecule has 0 amide bonds. The summed E-state index contributed by atoms with van der Waals surface area (Å²) in [6.07, 6.45) is -2.25. The molecule has 1 rings (SSSR count). The predicted molar refractivity (Wildman–Crippen MR) is 67.5 cm³/mol. The van der Waals surface area contributed by atoms with Gasteiger partial charge in [-0.15, -0.1) is 0 Å². The minimum absolute atomic E-state index is 0.0467. The molecule has 0 fully saturated rings. The zero-order valence-corrected chi connectivity index (χ0v) is 10.9. The molecule has 0 aromatic carbocycles. The monoisotopic (exact) mass is 288 g/mol. The van der Waals surface area contributed by atoms with Gasteiger partial charge in [0.2, 0.25) is 0 Å². The summed E-state index contributed by atoms with van der Waals surface area (Å²) in [7, 11) is 0. The van der Waals surface area contributed by atoms with Crippen LogP contribution in [0.15, 0.2) is 12.4 Å². The van der Waals surface area contributed by atoms with Gasteiger partial charge >= 0.3 is 0 Å². The second kappa shape index (κ2) is 8.20. The van der Waals surface area contributed by atoms with Gasteiger partial charge in [0.25, 0.3) is 0 Å². The number of hydrogen-bond acceptors (Lipinski definition) is 8. The Balaban J connectivity index is 2.66. The number of rotatable bonds is 8. The Hall–Kier alpha value is -1.16. The van der Waals surface area contributed by atoms with E-state index < -0.39 is 31.0 Å². The number of aliphatic hydroxyl groups excluding tert-OH is 6. The van der Waals surface area contributed by atoms with E-state index in [2.05, 4.69) is 9.97 Å². The van der Waals surface area contributed by atoms with E-state index >= 15 is 0 Å². The average Bonchev–Trinajstić information content (AvgIpc) is 2.46. The highest BCUT2D eigenvalue weighted by Gasteiger charge is 2.26. The topological polar surface area (TPSA) is 147 Å². The van der Waals surface area contributed by atoms with E-state index in [1.807, 2.05) is 0 Å². The Kier molecular flexibility index (Phi) is 6.93. The predicted octanol–water partition coefficient (Wildman–Crippen LogP) is -2.49. The van der Waals surface area contributed by atoms with Crippen molar-refractivity contribution in [1.29, 1.82) is 0 Å². The summed E-state index contributed by atoms with van der Waals surface area (Å²) in [6, 6.07) is 0. The van der Waals surface area contributed by atoms with Crippen LogP contribution in [0.3, 0.4) is 0 Å². The molecule has 20 heavy (non-hydrogen) atoms. The molecular weight excluding hydrogens is 268 g/mol. The highest BCUT2D eigenvalue weighted by atomic mass is 16.4. The molecule has 0 aliphatic heterocycles. The van der Waals surface area contributed by atoms with Crippen molar-refractivity contribution < 1.29 is 30.6 Å². The van der Waals surface area contributed by atoms with Crippen LogP contribution in [-0.2, 0) is 6.42 Å². The molecule has 4 atom stereocenters. The maximum atomic E-state index is 9.74. The summed E-state index contributed by atoms with van der Waals surface area (Å²) in [5, 5.41) is 55.3. The van der Waals surface area contributed by atoms with Crippen molar-refractivity contribution in [3.63, 3.8) is 0 Å². The molecule has 1 aromatic heterocycles. The van der Waals surface area contributed by atoms with E-state index in [1.165, 1.54) is 12.4 Å². The largest absolute Gasteiger partial charge is 0.396 e. The van der Waals surface area contributed by atoms with Gasteiger partial charge in [0, 0.05) is 19.2 Å². The van der Waals surface area contributed by atoms with E-state index in [-0.39, 0.29) is 25.1 Å². The van der Waals surface area contributed by atoms with Gasteiger partial charge in [-0.25, -0.2) is 0 Å². The Morgan fingerprint density at radius 1 is 1.00 bits per heavy atom. The van der Waals surface area contributed by atoms with Crippen LogP contribution in [0, 0.1) is 0 Å². The number of hydrogen-bond donors (Lipinski definition) is 6. The lowest BCUT2D eigenvalue weighted by atomic mass is 10.1. The maximum Gasteiger partial charge on any atom is 0.126 e.